The molecular formula is C28H38ClN3O4. The van der Waals surface area contributed by atoms with Gasteiger partial charge in [0.05, 0.1) is 11.8 Å². The number of aromatic hydroxyl groups is 1. The van der Waals surface area contributed by atoms with Crippen molar-refractivity contribution in [2.45, 2.75) is 83.6 Å². The number of nitrogens with zero attached hydrogens (tertiary/aromatic N) is 2. The van der Waals surface area contributed by atoms with Crippen LogP contribution in [0.15, 0.2) is 35.1 Å². The third-order valence-corrected chi connectivity index (χ3v) is 9.02. The minimum atomic E-state index is -0.435. The van der Waals surface area contributed by atoms with Gasteiger partial charge in [-0.15, -0.1) is 16.5 Å². The van der Waals surface area contributed by atoms with Crippen molar-refractivity contribution in [3.8, 4) is 5.75 Å². The van der Waals surface area contributed by atoms with Crippen molar-refractivity contribution < 1.29 is 14.7 Å². The molecule has 0 spiro atoms. The molecule has 2 amide bonds. The van der Waals surface area contributed by atoms with Gasteiger partial charge >= 0.3 is 6.03 Å². The second kappa shape index (κ2) is 11.3. The Morgan fingerprint density at radius 3 is 2.67 bits per heavy atom. The van der Waals surface area contributed by atoms with E-state index < -0.39 is 6.03 Å². The Labute approximate surface area is 218 Å². The van der Waals surface area contributed by atoms with E-state index in [4.69, 9.17) is 11.6 Å². The smallest absolute Gasteiger partial charge is 0.340 e. The van der Waals surface area contributed by atoms with Gasteiger partial charge in [0.25, 0.3) is 0 Å². The van der Waals surface area contributed by atoms with Crippen LogP contribution >= 0.6 is 11.6 Å². The number of hydrogen-bond acceptors (Lipinski definition) is 5. The molecule has 0 bridgehead atoms. The zero-order valence-electron chi connectivity index (χ0n) is 21.3. The minimum Gasteiger partial charge on any atom is -0.508 e. The van der Waals surface area contributed by atoms with Crippen LogP contribution in [0.4, 0.5) is 4.79 Å². The average Bonchev–Trinajstić information content (AvgIpc) is 3.18. The van der Waals surface area contributed by atoms with Crippen molar-refractivity contribution >= 4 is 23.4 Å². The summed E-state index contributed by atoms with van der Waals surface area (Å²) in [5, 5.41) is 15.9. The number of allylic oxidation sites excluding steroid dienone is 2. The number of amides is 2. The van der Waals surface area contributed by atoms with E-state index in [2.05, 4.69) is 36.6 Å². The Morgan fingerprint density at radius 2 is 1.97 bits per heavy atom. The molecule has 1 aromatic rings. The number of nitrogens with one attached hydrogen (secondary N) is 1. The average molecular weight is 516 g/mol. The summed E-state index contributed by atoms with van der Waals surface area (Å²) in [5.74, 6) is 2.70. The number of hydrogen-bond donors (Lipinski definition) is 2. The lowest BCUT2D eigenvalue weighted by molar-refractivity contribution is -0.126. The number of Topliss-reactive ketones (excluding diaryl/α,β-unsaturated/α-hetero) is 1. The molecule has 3 saturated carbocycles. The Kier molecular flexibility index (Phi) is 8.38. The monoisotopic (exact) mass is 515 g/mol. The van der Waals surface area contributed by atoms with Crippen LogP contribution in [0, 0.1) is 22.2 Å². The van der Waals surface area contributed by atoms with Crippen LogP contribution in [0.5, 0.6) is 5.75 Å². The second-order valence-corrected chi connectivity index (χ2v) is 11.5. The summed E-state index contributed by atoms with van der Waals surface area (Å²) in [6, 6.07) is 5.52. The highest BCUT2D eigenvalue weighted by Crippen LogP contribution is 2.57. The molecule has 1 aromatic carbocycles. The Hall–Kier alpha value is -2.41. The molecule has 7 nitrogen and oxygen atoms in total. The molecule has 3 fully saturated rings. The Balaban J connectivity index is 0.000000175. The van der Waals surface area contributed by atoms with Crippen LogP contribution in [-0.4, -0.2) is 40.4 Å². The predicted octanol–water partition coefficient (Wildman–Crippen LogP) is 6.23. The maximum Gasteiger partial charge on any atom is 0.340 e. The quantitative estimate of drug-likeness (QED) is 0.215. The standard InChI is InChI=1S/C18H20O2.C10H18ClN3O2/c1-18-9-8-14-13-5-3-12(19)10-11(13)2-4-15(14)16(18)6-7-17(18)20;1-8-2-4-9(5-3-8)12-10(15)14(13-16)7-6-11/h3-5,10,14,16,19H,2,6-9H2,1H3;8-9H,2-7H2,1H3,(H,12,15). The lowest BCUT2D eigenvalue weighted by atomic mass is 9.60. The molecule has 0 aliphatic heterocycles. The molecule has 0 heterocycles. The highest BCUT2D eigenvalue weighted by atomic mass is 35.5. The van der Waals surface area contributed by atoms with E-state index in [1.807, 2.05) is 6.07 Å². The van der Waals surface area contributed by atoms with Gasteiger partial charge < -0.3 is 10.4 Å². The molecule has 36 heavy (non-hydrogen) atoms. The molecule has 5 rings (SSSR count). The number of rotatable bonds is 4. The number of fused-ring (bicyclic) bond motifs is 5. The first-order chi connectivity index (χ1) is 17.3. The highest BCUT2D eigenvalue weighted by Gasteiger charge is 2.52. The number of benzene rings is 1. The molecule has 3 atom stereocenters. The summed E-state index contributed by atoms with van der Waals surface area (Å²) in [5.41, 5.74) is 4.03. The van der Waals surface area contributed by atoms with Gasteiger partial charge in [-0.1, -0.05) is 31.6 Å². The van der Waals surface area contributed by atoms with Gasteiger partial charge in [-0.05, 0) is 86.5 Å². The van der Waals surface area contributed by atoms with Gasteiger partial charge in [0.1, 0.15) is 11.5 Å². The number of phenols is 1. The van der Waals surface area contributed by atoms with E-state index >= 15 is 0 Å². The van der Waals surface area contributed by atoms with E-state index in [0.717, 1.165) is 68.7 Å². The van der Waals surface area contributed by atoms with Crippen LogP contribution in [0.3, 0.4) is 0 Å². The summed E-state index contributed by atoms with van der Waals surface area (Å²) in [7, 11) is 0. The fraction of sp³-hybridized carbons (Fsp3) is 0.643. The van der Waals surface area contributed by atoms with Crippen molar-refractivity contribution in [2.75, 3.05) is 12.4 Å². The third-order valence-electron chi connectivity index (χ3n) is 8.86. The number of carbonyl (C=O) groups excluding carboxylic acids is 2. The number of carbonyl (C=O) groups is 2. The van der Waals surface area contributed by atoms with E-state index in [1.54, 1.807) is 6.07 Å². The summed E-state index contributed by atoms with van der Waals surface area (Å²) in [4.78, 5) is 34.2. The molecule has 196 valence electrons. The molecule has 0 saturated heterocycles. The van der Waals surface area contributed by atoms with E-state index in [-0.39, 0.29) is 23.9 Å². The zero-order valence-corrected chi connectivity index (χ0v) is 22.1. The summed E-state index contributed by atoms with van der Waals surface area (Å²) < 4.78 is 0. The Morgan fingerprint density at radius 1 is 1.22 bits per heavy atom. The number of halogens is 1. The van der Waals surface area contributed by atoms with Crippen LogP contribution in [-0.2, 0) is 11.2 Å². The fourth-order valence-electron chi connectivity index (χ4n) is 6.65. The van der Waals surface area contributed by atoms with Crippen molar-refractivity contribution in [3.63, 3.8) is 0 Å². The lowest BCUT2D eigenvalue weighted by Crippen LogP contribution is -2.44. The number of nitroso groups, excluding NO2 is 1. The molecule has 4 aliphatic rings. The topological polar surface area (TPSA) is 99.1 Å². The second-order valence-electron chi connectivity index (χ2n) is 11.1. The van der Waals surface area contributed by atoms with E-state index in [1.165, 1.54) is 16.7 Å². The fourth-order valence-corrected chi connectivity index (χ4v) is 6.81. The first-order valence-corrected chi connectivity index (χ1v) is 13.8. The van der Waals surface area contributed by atoms with Crippen LogP contribution < -0.4 is 5.32 Å². The Bertz CT molecular complexity index is 1020. The van der Waals surface area contributed by atoms with Gasteiger partial charge in [-0.2, -0.15) is 5.01 Å². The largest absolute Gasteiger partial charge is 0.508 e. The maximum absolute atomic E-state index is 12.2. The molecule has 3 unspecified atom stereocenters. The molecular weight excluding hydrogens is 478 g/mol. The van der Waals surface area contributed by atoms with Gasteiger partial charge in [-0.25, -0.2) is 4.79 Å². The number of ketones is 1. The normalized spacial score (nSPS) is 30.5. The van der Waals surface area contributed by atoms with Crippen molar-refractivity contribution in [2.24, 2.45) is 22.5 Å². The van der Waals surface area contributed by atoms with Gasteiger partial charge in [0.2, 0.25) is 0 Å². The van der Waals surface area contributed by atoms with Crippen molar-refractivity contribution in [3.05, 3.63) is 45.9 Å². The van der Waals surface area contributed by atoms with Crippen molar-refractivity contribution in [1.29, 1.82) is 0 Å². The van der Waals surface area contributed by atoms with E-state index in [0.29, 0.717) is 23.4 Å². The molecule has 4 aliphatic carbocycles. The molecule has 0 aromatic heterocycles. The summed E-state index contributed by atoms with van der Waals surface area (Å²) in [6.45, 7) is 4.54. The SMILES string of the molecule is CC12CCC3C(=CCc4cc(O)ccc43)C1CCC2=O.CC1CCC(NC(=O)N(CCCl)N=O)CC1. The number of alkyl halides is 1. The molecule has 0 radical (unpaired) electrons. The third kappa shape index (κ3) is 5.46. The summed E-state index contributed by atoms with van der Waals surface area (Å²) >= 11 is 5.46. The lowest BCUT2D eigenvalue weighted by Gasteiger charge is -2.43. The van der Waals surface area contributed by atoms with Crippen LogP contribution in [0.25, 0.3) is 0 Å². The number of phenolic OH excluding ortho intramolecular Hbond substituents is 1. The predicted molar refractivity (Wildman–Crippen MR) is 141 cm³/mol. The van der Waals surface area contributed by atoms with Gasteiger partial charge in [-0.3, -0.25) is 4.79 Å². The maximum atomic E-state index is 12.2. The minimum absolute atomic E-state index is 0.100. The first-order valence-electron chi connectivity index (χ1n) is 13.3. The van der Waals surface area contributed by atoms with Crippen LogP contribution in [0.2, 0.25) is 0 Å². The first kappa shape index (κ1) is 26.6. The summed E-state index contributed by atoms with van der Waals surface area (Å²) in [6.07, 6.45) is 11.3. The van der Waals surface area contributed by atoms with Gasteiger partial charge in [0, 0.05) is 29.7 Å². The highest BCUT2D eigenvalue weighted by molar-refractivity contribution is 6.18. The molecule has 2 N–H and O–H groups in total. The number of urea groups is 1. The zero-order chi connectivity index (χ0) is 25.9. The van der Waals surface area contributed by atoms with E-state index in [9.17, 15) is 19.6 Å². The van der Waals surface area contributed by atoms with Crippen molar-refractivity contribution in [1.82, 2.24) is 10.3 Å². The van der Waals surface area contributed by atoms with Crippen LogP contribution in [0.1, 0.15) is 82.3 Å². The van der Waals surface area contributed by atoms with Gasteiger partial charge in [0.15, 0.2) is 0 Å². The molecule has 8 heteroatoms.